The Bertz CT molecular complexity index is 924. The summed E-state index contributed by atoms with van der Waals surface area (Å²) in [7, 11) is 1.70. The van der Waals surface area contributed by atoms with Crippen LogP contribution in [0.1, 0.15) is 5.56 Å². The number of primary amides is 1. The summed E-state index contributed by atoms with van der Waals surface area (Å²) in [5, 5.41) is 0.620. The van der Waals surface area contributed by atoms with Gasteiger partial charge >= 0.3 is 0 Å². The molecule has 0 saturated carbocycles. The van der Waals surface area contributed by atoms with Crippen molar-refractivity contribution in [3.63, 3.8) is 0 Å². The molecule has 6 nitrogen and oxygen atoms in total. The van der Waals surface area contributed by atoms with E-state index in [9.17, 15) is 9.59 Å². The van der Waals surface area contributed by atoms with Crippen molar-refractivity contribution >= 4 is 56.4 Å². The molecule has 138 valence electrons. The Balaban J connectivity index is 1.75. The Morgan fingerprint density at radius 3 is 2.52 bits per heavy atom. The highest BCUT2D eigenvalue weighted by molar-refractivity contribution is 9.10. The number of amides is 2. The lowest BCUT2D eigenvalue weighted by Crippen LogP contribution is -2.23. The molecule has 1 saturated heterocycles. The molecule has 0 unspecified atom stereocenters. The van der Waals surface area contributed by atoms with Gasteiger partial charge in [-0.1, -0.05) is 28.1 Å². The molecular weight excluding hydrogens is 430 g/mol. The average Bonchev–Trinajstić information content (AvgIpc) is 2.91. The fourth-order valence-electron chi connectivity index (χ4n) is 2.24. The van der Waals surface area contributed by atoms with Crippen LogP contribution in [-0.4, -0.2) is 35.5 Å². The summed E-state index contributed by atoms with van der Waals surface area (Å²) in [5.74, 6) is -0.101. The lowest BCUT2D eigenvalue weighted by atomic mass is 10.2. The maximum atomic E-state index is 12.5. The van der Waals surface area contributed by atoms with Crippen LogP contribution in [-0.2, 0) is 9.59 Å². The molecule has 27 heavy (non-hydrogen) atoms. The van der Waals surface area contributed by atoms with E-state index in [2.05, 4.69) is 20.9 Å². The van der Waals surface area contributed by atoms with E-state index >= 15 is 0 Å². The van der Waals surface area contributed by atoms with Gasteiger partial charge in [0.15, 0.2) is 11.8 Å². The maximum Gasteiger partial charge on any atom is 0.266 e. The zero-order valence-corrected chi connectivity index (χ0v) is 16.8. The third-order valence-corrected chi connectivity index (χ3v) is 5.20. The second-order valence-electron chi connectivity index (χ2n) is 5.67. The summed E-state index contributed by atoms with van der Waals surface area (Å²) in [5.41, 5.74) is 6.67. The number of amidine groups is 1. The second kappa shape index (κ2) is 8.41. The quantitative estimate of drug-likeness (QED) is 0.712. The van der Waals surface area contributed by atoms with E-state index < -0.39 is 5.91 Å². The second-order valence-corrected chi connectivity index (χ2v) is 7.59. The zero-order valence-electron chi connectivity index (χ0n) is 14.4. The molecule has 0 aromatic heterocycles. The summed E-state index contributed by atoms with van der Waals surface area (Å²) in [6, 6.07) is 14.6. The van der Waals surface area contributed by atoms with Gasteiger partial charge in [-0.05, 0) is 59.8 Å². The van der Waals surface area contributed by atoms with Crippen LogP contribution in [0.15, 0.2) is 62.9 Å². The molecule has 0 atom stereocenters. The largest absolute Gasteiger partial charge is 0.484 e. The Hall–Kier alpha value is -2.58. The van der Waals surface area contributed by atoms with E-state index in [0.29, 0.717) is 15.8 Å². The first kappa shape index (κ1) is 19.2. The molecule has 0 bridgehead atoms. The van der Waals surface area contributed by atoms with Gasteiger partial charge in [0.25, 0.3) is 11.8 Å². The third kappa shape index (κ3) is 4.99. The number of carbonyl (C=O) groups excluding carboxylic acids is 2. The van der Waals surface area contributed by atoms with E-state index in [1.165, 1.54) is 16.7 Å². The molecule has 2 amide bonds. The number of nitrogens with zero attached hydrogens (tertiary/aromatic N) is 2. The van der Waals surface area contributed by atoms with Crippen molar-refractivity contribution in [3.05, 3.63) is 63.5 Å². The molecule has 2 N–H and O–H groups in total. The number of nitrogens with two attached hydrogens (primary N) is 1. The van der Waals surface area contributed by atoms with Crippen LogP contribution in [0.3, 0.4) is 0 Å². The number of likely N-dealkylation sites (N-methyl/N-ethyl adjacent to an activating group) is 1. The van der Waals surface area contributed by atoms with Crippen molar-refractivity contribution < 1.29 is 14.3 Å². The first-order chi connectivity index (χ1) is 12.9. The van der Waals surface area contributed by atoms with Crippen LogP contribution in [0.2, 0.25) is 0 Å². The number of ether oxygens (including phenoxy) is 1. The number of hydrogen-bond donors (Lipinski definition) is 1. The van der Waals surface area contributed by atoms with Gasteiger partial charge in [-0.25, -0.2) is 4.99 Å². The van der Waals surface area contributed by atoms with E-state index in [4.69, 9.17) is 10.5 Å². The van der Waals surface area contributed by atoms with Crippen molar-refractivity contribution in [2.45, 2.75) is 0 Å². The fraction of sp³-hybridized carbons (Fsp3) is 0.105. The number of thioether (sulfide) groups is 1. The number of hydrogen-bond acceptors (Lipinski definition) is 5. The predicted octanol–water partition coefficient (Wildman–Crippen LogP) is 3.55. The SMILES string of the molecule is CN1C(=O)/C(=C/c2ccc(OCC(N)=O)cc2)SC1=Nc1ccc(Br)cc1. The minimum Gasteiger partial charge on any atom is -0.484 e. The van der Waals surface area contributed by atoms with Crippen molar-refractivity contribution in [2.24, 2.45) is 10.7 Å². The number of rotatable bonds is 5. The summed E-state index contributed by atoms with van der Waals surface area (Å²) in [6.07, 6.45) is 1.80. The highest BCUT2D eigenvalue weighted by Gasteiger charge is 2.30. The third-order valence-electron chi connectivity index (χ3n) is 3.61. The smallest absolute Gasteiger partial charge is 0.266 e. The lowest BCUT2D eigenvalue weighted by Gasteiger charge is -2.07. The molecule has 3 rings (SSSR count). The van der Waals surface area contributed by atoms with E-state index in [1.54, 1.807) is 37.4 Å². The molecule has 2 aromatic rings. The van der Waals surface area contributed by atoms with Crippen LogP contribution in [0.25, 0.3) is 6.08 Å². The molecule has 0 aliphatic carbocycles. The Labute approximate surface area is 169 Å². The first-order valence-electron chi connectivity index (χ1n) is 7.95. The van der Waals surface area contributed by atoms with Crippen LogP contribution in [0.4, 0.5) is 5.69 Å². The van der Waals surface area contributed by atoms with Gasteiger partial charge < -0.3 is 10.5 Å². The molecule has 2 aromatic carbocycles. The van der Waals surface area contributed by atoms with Gasteiger partial charge in [0.05, 0.1) is 10.6 Å². The molecule has 1 heterocycles. The van der Waals surface area contributed by atoms with Crippen LogP contribution in [0.5, 0.6) is 5.75 Å². The Morgan fingerprint density at radius 1 is 1.22 bits per heavy atom. The number of halogens is 1. The average molecular weight is 446 g/mol. The monoisotopic (exact) mass is 445 g/mol. The number of aliphatic imine (C=N–C) groups is 1. The number of benzene rings is 2. The standard InChI is InChI=1S/C19H16BrN3O3S/c1-23-18(25)16(27-19(23)22-14-6-4-13(20)5-7-14)10-12-2-8-15(9-3-12)26-11-17(21)24/h2-10H,11H2,1H3,(H2,21,24)/b16-10-,22-19?. The van der Waals surface area contributed by atoms with Crippen molar-refractivity contribution in [1.82, 2.24) is 4.90 Å². The minimum absolute atomic E-state index is 0.107. The van der Waals surface area contributed by atoms with Gasteiger partial charge in [0.1, 0.15) is 5.75 Å². The van der Waals surface area contributed by atoms with Crippen LogP contribution < -0.4 is 10.5 Å². The highest BCUT2D eigenvalue weighted by Crippen LogP contribution is 2.33. The Kier molecular flexibility index (Phi) is 5.98. The van der Waals surface area contributed by atoms with Crippen molar-refractivity contribution in [1.29, 1.82) is 0 Å². The van der Waals surface area contributed by atoms with E-state index in [-0.39, 0.29) is 12.5 Å². The van der Waals surface area contributed by atoms with Gasteiger partial charge in [-0.15, -0.1) is 0 Å². The zero-order chi connectivity index (χ0) is 19.4. The molecule has 1 fully saturated rings. The van der Waals surface area contributed by atoms with Crippen molar-refractivity contribution in [2.75, 3.05) is 13.7 Å². The van der Waals surface area contributed by atoms with Gasteiger partial charge in [0, 0.05) is 11.5 Å². The van der Waals surface area contributed by atoms with Crippen LogP contribution >= 0.6 is 27.7 Å². The molecular formula is C19H16BrN3O3S. The van der Waals surface area contributed by atoms with Gasteiger partial charge in [-0.3, -0.25) is 14.5 Å². The summed E-state index contributed by atoms with van der Waals surface area (Å²) < 4.78 is 6.20. The first-order valence-corrected chi connectivity index (χ1v) is 9.56. The molecule has 8 heteroatoms. The van der Waals surface area contributed by atoms with Gasteiger partial charge in [0.2, 0.25) is 0 Å². The minimum atomic E-state index is -0.533. The molecule has 1 aliphatic rings. The summed E-state index contributed by atoms with van der Waals surface area (Å²) >= 11 is 4.71. The normalized spacial score (nSPS) is 17.0. The van der Waals surface area contributed by atoms with Crippen LogP contribution in [0, 0.1) is 0 Å². The summed E-state index contributed by atoms with van der Waals surface area (Å²) in [4.78, 5) is 29.9. The molecule has 1 aliphatic heterocycles. The predicted molar refractivity (Wildman–Crippen MR) is 111 cm³/mol. The Morgan fingerprint density at radius 2 is 1.89 bits per heavy atom. The van der Waals surface area contributed by atoms with E-state index in [1.807, 2.05) is 24.3 Å². The highest BCUT2D eigenvalue weighted by atomic mass is 79.9. The molecule has 0 radical (unpaired) electrons. The summed E-state index contributed by atoms with van der Waals surface area (Å²) in [6.45, 7) is -0.171. The van der Waals surface area contributed by atoms with Crippen molar-refractivity contribution in [3.8, 4) is 5.75 Å². The number of carbonyl (C=O) groups is 2. The fourth-order valence-corrected chi connectivity index (χ4v) is 3.50. The lowest BCUT2D eigenvalue weighted by molar-refractivity contribution is -0.121. The van der Waals surface area contributed by atoms with Gasteiger partial charge in [-0.2, -0.15) is 0 Å². The topological polar surface area (TPSA) is 85.0 Å². The molecule has 0 spiro atoms. The van der Waals surface area contributed by atoms with E-state index in [0.717, 1.165) is 15.7 Å². The maximum absolute atomic E-state index is 12.5.